The third kappa shape index (κ3) is 4.12. The van der Waals surface area contributed by atoms with Crippen LogP contribution in [0.25, 0.3) is 0 Å². The topological polar surface area (TPSA) is 30.5 Å². The molecule has 0 saturated carbocycles. The van der Waals surface area contributed by atoms with Crippen LogP contribution in [0.3, 0.4) is 0 Å². The third-order valence-corrected chi connectivity index (χ3v) is 2.92. The molecular weight excluding hydrogens is 270 g/mol. The number of hydrogen-bond donors (Lipinski definition) is 1. The lowest BCUT2D eigenvalue weighted by molar-refractivity contribution is 0.158. The molecule has 0 radical (unpaired) electrons. The highest BCUT2D eigenvalue weighted by atomic mass is 79.9. The third-order valence-electron chi connectivity index (χ3n) is 2.17. The summed E-state index contributed by atoms with van der Waals surface area (Å²) < 4.78 is 11.5. The molecule has 0 aliphatic carbocycles. The molecule has 1 rings (SSSR count). The van der Waals surface area contributed by atoms with Crippen LogP contribution in [0.4, 0.5) is 5.69 Å². The van der Waals surface area contributed by atoms with Gasteiger partial charge < -0.3 is 14.8 Å². The van der Waals surface area contributed by atoms with Gasteiger partial charge in [0, 0.05) is 36.0 Å². The number of nitrogens with one attached hydrogen (secondary N) is 1. The zero-order valence-corrected chi connectivity index (χ0v) is 11.3. The van der Waals surface area contributed by atoms with Gasteiger partial charge in [-0.1, -0.05) is 22.0 Å². The van der Waals surface area contributed by atoms with E-state index in [1.165, 1.54) is 0 Å². The molecule has 0 spiro atoms. The van der Waals surface area contributed by atoms with E-state index in [4.69, 9.17) is 9.47 Å². The van der Waals surface area contributed by atoms with E-state index in [1.54, 1.807) is 7.11 Å². The Labute approximate surface area is 105 Å². The number of anilines is 1. The number of methoxy groups -OCH3 is 1. The summed E-state index contributed by atoms with van der Waals surface area (Å²) in [5.41, 5.74) is 2.23. The van der Waals surface area contributed by atoms with Crippen molar-refractivity contribution < 1.29 is 9.47 Å². The molecule has 0 unspecified atom stereocenters. The maximum absolute atomic E-state index is 5.28. The molecule has 0 aromatic heterocycles. The van der Waals surface area contributed by atoms with E-state index in [2.05, 4.69) is 21.2 Å². The quantitative estimate of drug-likeness (QED) is 0.782. The average Bonchev–Trinajstić information content (AvgIpc) is 2.29. The second-order valence-corrected chi connectivity index (χ2v) is 4.18. The first-order chi connectivity index (χ1) is 7.79. The van der Waals surface area contributed by atoms with Crippen LogP contribution in [0.5, 0.6) is 0 Å². The highest BCUT2D eigenvalue weighted by Gasteiger charge is 2.05. The first kappa shape index (κ1) is 13.5. The van der Waals surface area contributed by atoms with E-state index in [-0.39, 0.29) is 0 Å². The molecule has 1 aromatic rings. The van der Waals surface area contributed by atoms with Gasteiger partial charge in [-0.15, -0.1) is 0 Å². The monoisotopic (exact) mass is 287 g/mol. The lowest BCUT2D eigenvalue weighted by Crippen LogP contribution is -2.11. The van der Waals surface area contributed by atoms with Gasteiger partial charge in [0.05, 0.1) is 13.2 Å². The summed E-state index contributed by atoms with van der Waals surface area (Å²) in [4.78, 5) is 0. The summed E-state index contributed by atoms with van der Waals surface area (Å²) in [5, 5.41) is 3.34. The predicted octanol–water partition coefficient (Wildman–Crippen LogP) is 3.04. The Hall–Kier alpha value is -0.580. The Balaban J connectivity index is 2.59. The van der Waals surface area contributed by atoms with Gasteiger partial charge in [-0.05, 0) is 19.1 Å². The smallest absolute Gasteiger partial charge is 0.0744 e. The van der Waals surface area contributed by atoms with Gasteiger partial charge in [0.2, 0.25) is 0 Å². The van der Waals surface area contributed by atoms with Crippen molar-refractivity contribution in [3.8, 4) is 0 Å². The molecule has 90 valence electrons. The van der Waals surface area contributed by atoms with Gasteiger partial charge in [0.15, 0.2) is 0 Å². The Bertz CT molecular complexity index is 318. The molecule has 1 N–H and O–H groups in total. The number of hydrogen-bond acceptors (Lipinski definition) is 3. The molecule has 0 bridgehead atoms. The number of ether oxygens (including phenoxy) is 2. The summed E-state index contributed by atoms with van der Waals surface area (Å²) in [6.45, 7) is 4.87. The number of benzene rings is 1. The first-order valence-electron chi connectivity index (χ1n) is 5.37. The summed E-state index contributed by atoms with van der Waals surface area (Å²) in [6.07, 6.45) is 0. The minimum atomic E-state index is 0.596. The molecule has 16 heavy (non-hydrogen) atoms. The molecule has 0 atom stereocenters. The standard InChI is InChI=1S/C12H18BrNO2/c1-3-16-8-7-14-12-6-4-5-11(13)10(12)9-15-2/h4-6,14H,3,7-9H2,1-2H3. The summed E-state index contributed by atoms with van der Waals surface area (Å²) in [7, 11) is 1.70. The van der Waals surface area contributed by atoms with Gasteiger partial charge in [-0.25, -0.2) is 0 Å². The highest BCUT2D eigenvalue weighted by Crippen LogP contribution is 2.25. The zero-order chi connectivity index (χ0) is 11.8. The summed E-state index contributed by atoms with van der Waals surface area (Å²) in [5.74, 6) is 0. The summed E-state index contributed by atoms with van der Waals surface area (Å²) in [6, 6.07) is 6.07. The maximum atomic E-state index is 5.28. The van der Waals surface area contributed by atoms with Crippen molar-refractivity contribution in [1.29, 1.82) is 0 Å². The molecule has 0 amide bonds. The van der Waals surface area contributed by atoms with E-state index < -0.39 is 0 Å². The maximum Gasteiger partial charge on any atom is 0.0744 e. The Morgan fingerprint density at radius 1 is 1.38 bits per heavy atom. The van der Waals surface area contributed by atoms with E-state index in [9.17, 15) is 0 Å². The van der Waals surface area contributed by atoms with Crippen molar-refractivity contribution in [3.63, 3.8) is 0 Å². The SMILES string of the molecule is CCOCCNc1cccc(Br)c1COC. The van der Waals surface area contributed by atoms with Crippen molar-refractivity contribution in [2.75, 3.05) is 32.2 Å². The number of rotatable bonds is 7. The second-order valence-electron chi connectivity index (χ2n) is 3.32. The molecule has 0 aliphatic heterocycles. The van der Waals surface area contributed by atoms with Crippen LogP contribution >= 0.6 is 15.9 Å². The molecule has 0 fully saturated rings. The lowest BCUT2D eigenvalue weighted by atomic mass is 10.2. The van der Waals surface area contributed by atoms with Gasteiger partial charge >= 0.3 is 0 Å². The van der Waals surface area contributed by atoms with Crippen LogP contribution in [-0.4, -0.2) is 26.9 Å². The van der Waals surface area contributed by atoms with Crippen molar-refractivity contribution in [3.05, 3.63) is 28.2 Å². The van der Waals surface area contributed by atoms with Crippen molar-refractivity contribution in [2.24, 2.45) is 0 Å². The molecule has 3 nitrogen and oxygen atoms in total. The second kappa shape index (κ2) is 7.65. The Morgan fingerprint density at radius 3 is 2.88 bits per heavy atom. The van der Waals surface area contributed by atoms with E-state index in [1.807, 2.05) is 25.1 Å². The lowest BCUT2D eigenvalue weighted by Gasteiger charge is -2.13. The van der Waals surface area contributed by atoms with E-state index in [0.29, 0.717) is 6.61 Å². The van der Waals surface area contributed by atoms with Crippen LogP contribution in [0.2, 0.25) is 0 Å². The van der Waals surface area contributed by atoms with Crippen LogP contribution < -0.4 is 5.32 Å². The van der Waals surface area contributed by atoms with Crippen molar-refractivity contribution >= 4 is 21.6 Å². The number of halogens is 1. The minimum Gasteiger partial charge on any atom is -0.382 e. The van der Waals surface area contributed by atoms with E-state index >= 15 is 0 Å². The van der Waals surface area contributed by atoms with Crippen LogP contribution in [0, 0.1) is 0 Å². The average molecular weight is 288 g/mol. The molecule has 0 aliphatic rings. The molecule has 4 heteroatoms. The highest BCUT2D eigenvalue weighted by molar-refractivity contribution is 9.10. The van der Waals surface area contributed by atoms with Gasteiger partial charge in [0.25, 0.3) is 0 Å². The van der Waals surface area contributed by atoms with Gasteiger partial charge in [-0.2, -0.15) is 0 Å². The molecular formula is C12H18BrNO2. The normalized spacial score (nSPS) is 10.4. The fraction of sp³-hybridized carbons (Fsp3) is 0.500. The summed E-state index contributed by atoms with van der Waals surface area (Å²) >= 11 is 3.52. The predicted molar refractivity (Wildman–Crippen MR) is 69.8 cm³/mol. The molecule has 0 saturated heterocycles. The van der Waals surface area contributed by atoms with Crippen LogP contribution in [0.15, 0.2) is 22.7 Å². The van der Waals surface area contributed by atoms with Gasteiger partial charge in [-0.3, -0.25) is 0 Å². The Morgan fingerprint density at radius 2 is 2.19 bits per heavy atom. The Kier molecular flexibility index (Phi) is 6.45. The van der Waals surface area contributed by atoms with Gasteiger partial charge in [0.1, 0.15) is 0 Å². The molecule has 0 heterocycles. The fourth-order valence-electron chi connectivity index (χ4n) is 1.42. The minimum absolute atomic E-state index is 0.596. The van der Waals surface area contributed by atoms with Crippen LogP contribution in [-0.2, 0) is 16.1 Å². The largest absolute Gasteiger partial charge is 0.382 e. The fourth-order valence-corrected chi connectivity index (χ4v) is 1.90. The van der Waals surface area contributed by atoms with Crippen molar-refractivity contribution in [1.82, 2.24) is 0 Å². The molecule has 1 aromatic carbocycles. The van der Waals surface area contributed by atoms with Crippen LogP contribution in [0.1, 0.15) is 12.5 Å². The van der Waals surface area contributed by atoms with E-state index in [0.717, 1.165) is 35.5 Å². The zero-order valence-electron chi connectivity index (χ0n) is 9.75. The first-order valence-corrected chi connectivity index (χ1v) is 6.16. The van der Waals surface area contributed by atoms with Crippen molar-refractivity contribution in [2.45, 2.75) is 13.5 Å².